The van der Waals surface area contributed by atoms with Crippen LogP contribution < -0.4 is 10.1 Å². The minimum Gasteiger partial charge on any atom is -0.491 e. The maximum atomic E-state index is 12.8. The summed E-state index contributed by atoms with van der Waals surface area (Å²) in [5, 5.41) is 3.01. The van der Waals surface area contributed by atoms with Crippen LogP contribution in [-0.4, -0.2) is 30.1 Å². The predicted molar refractivity (Wildman–Crippen MR) is 131 cm³/mol. The van der Waals surface area contributed by atoms with Crippen molar-refractivity contribution in [1.29, 1.82) is 0 Å². The molecule has 2 amide bonds. The van der Waals surface area contributed by atoms with Gasteiger partial charge in [-0.25, -0.2) is 4.79 Å². The number of anilines is 1. The molecule has 0 aromatic heterocycles. The molecule has 3 aromatic carbocycles. The highest BCUT2D eigenvalue weighted by Gasteiger charge is 2.22. The van der Waals surface area contributed by atoms with Crippen molar-refractivity contribution in [3.8, 4) is 5.75 Å². The first-order valence-electron chi connectivity index (χ1n) is 11.3. The van der Waals surface area contributed by atoms with Crippen LogP contribution in [0.1, 0.15) is 37.8 Å². The van der Waals surface area contributed by atoms with Gasteiger partial charge in [0.1, 0.15) is 5.75 Å². The van der Waals surface area contributed by atoms with Gasteiger partial charge in [-0.05, 0) is 67.7 Å². The van der Waals surface area contributed by atoms with Gasteiger partial charge in [0.15, 0.2) is 0 Å². The van der Waals surface area contributed by atoms with Gasteiger partial charge in [-0.15, -0.1) is 0 Å². The average Bonchev–Trinajstić information content (AvgIpc) is 2.82. The first-order chi connectivity index (χ1) is 15.6. The summed E-state index contributed by atoms with van der Waals surface area (Å²) in [5.41, 5.74) is 5.95. The van der Waals surface area contributed by atoms with Crippen molar-refractivity contribution in [2.45, 2.75) is 32.8 Å². The lowest BCUT2D eigenvalue weighted by molar-refractivity contribution is 0.207. The molecule has 32 heavy (non-hydrogen) atoms. The fourth-order valence-electron chi connectivity index (χ4n) is 4.11. The topological polar surface area (TPSA) is 41.6 Å². The van der Waals surface area contributed by atoms with Crippen LogP contribution in [0.4, 0.5) is 10.5 Å². The third-order valence-corrected chi connectivity index (χ3v) is 5.61. The molecule has 0 spiro atoms. The fourth-order valence-corrected chi connectivity index (χ4v) is 4.11. The highest BCUT2D eigenvalue weighted by atomic mass is 16.5. The van der Waals surface area contributed by atoms with Gasteiger partial charge in [-0.3, -0.25) is 0 Å². The highest BCUT2D eigenvalue weighted by Crippen LogP contribution is 2.32. The lowest BCUT2D eigenvalue weighted by Gasteiger charge is -2.30. The first-order valence-corrected chi connectivity index (χ1v) is 11.3. The molecule has 4 nitrogen and oxygen atoms in total. The Morgan fingerprint density at radius 3 is 1.84 bits per heavy atom. The molecular weight excluding hydrogens is 396 g/mol. The van der Waals surface area contributed by atoms with E-state index in [4.69, 9.17) is 4.74 Å². The average molecular weight is 427 g/mol. The van der Waals surface area contributed by atoms with Crippen LogP contribution in [0.3, 0.4) is 0 Å². The van der Waals surface area contributed by atoms with E-state index in [1.807, 2.05) is 55.1 Å². The zero-order chi connectivity index (χ0) is 22.3. The molecule has 0 radical (unpaired) electrons. The van der Waals surface area contributed by atoms with Gasteiger partial charge < -0.3 is 15.0 Å². The van der Waals surface area contributed by atoms with E-state index in [0.29, 0.717) is 13.1 Å². The molecule has 1 N–H and O–H groups in total. The molecule has 1 heterocycles. The van der Waals surface area contributed by atoms with Gasteiger partial charge in [0.05, 0.1) is 6.10 Å². The largest absolute Gasteiger partial charge is 0.491 e. The quantitative estimate of drug-likeness (QED) is 0.499. The summed E-state index contributed by atoms with van der Waals surface area (Å²) >= 11 is 0. The van der Waals surface area contributed by atoms with E-state index in [1.165, 1.54) is 22.3 Å². The Bertz CT molecular complexity index is 1010. The number of piperidine rings is 1. The Labute approximate surface area is 190 Å². The van der Waals surface area contributed by atoms with Crippen molar-refractivity contribution < 1.29 is 9.53 Å². The number of nitrogens with zero attached hydrogens (tertiary/aromatic N) is 1. The lowest BCUT2D eigenvalue weighted by Crippen LogP contribution is -2.39. The third kappa shape index (κ3) is 5.38. The second-order valence-corrected chi connectivity index (χ2v) is 8.32. The third-order valence-electron chi connectivity index (χ3n) is 5.61. The number of nitrogens with one attached hydrogen (secondary N) is 1. The number of amides is 2. The molecule has 0 saturated carbocycles. The summed E-state index contributed by atoms with van der Waals surface area (Å²) in [4.78, 5) is 14.7. The number of rotatable bonds is 5. The summed E-state index contributed by atoms with van der Waals surface area (Å²) in [7, 11) is 0. The van der Waals surface area contributed by atoms with E-state index in [1.54, 1.807) is 0 Å². The van der Waals surface area contributed by atoms with Crippen molar-refractivity contribution in [1.82, 2.24) is 4.90 Å². The normalized spacial score (nSPS) is 13.7. The molecule has 0 atom stereocenters. The van der Waals surface area contributed by atoms with Crippen LogP contribution in [-0.2, 0) is 0 Å². The lowest BCUT2D eigenvalue weighted by atomic mass is 9.88. The summed E-state index contributed by atoms with van der Waals surface area (Å²) in [6, 6.07) is 28.6. The van der Waals surface area contributed by atoms with E-state index in [2.05, 4.69) is 53.8 Å². The fraction of sp³-hybridized carbons (Fsp3) is 0.250. The summed E-state index contributed by atoms with van der Waals surface area (Å²) in [6.07, 6.45) is 1.87. The van der Waals surface area contributed by atoms with E-state index in [-0.39, 0.29) is 12.1 Å². The SMILES string of the molecule is CC(C)Oc1ccc(NC(=O)N2CCC(=C(c3ccccc3)c3ccccc3)CC2)cc1. The second kappa shape index (κ2) is 10.2. The molecule has 1 saturated heterocycles. The van der Waals surface area contributed by atoms with Crippen molar-refractivity contribution in [2.24, 2.45) is 0 Å². The van der Waals surface area contributed by atoms with Crippen molar-refractivity contribution in [2.75, 3.05) is 18.4 Å². The highest BCUT2D eigenvalue weighted by molar-refractivity contribution is 5.90. The van der Waals surface area contributed by atoms with Gasteiger partial charge in [-0.1, -0.05) is 66.2 Å². The summed E-state index contributed by atoms with van der Waals surface area (Å²) < 4.78 is 5.67. The maximum Gasteiger partial charge on any atom is 0.321 e. The van der Waals surface area contributed by atoms with Gasteiger partial charge in [0.25, 0.3) is 0 Å². The number of hydrogen-bond acceptors (Lipinski definition) is 2. The van der Waals surface area contributed by atoms with Crippen molar-refractivity contribution in [3.05, 3.63) is 102 Å². The minimum absolute atomic E-state index is 0.0532. The van der Waals surface area contributed by atoms with Crippen LogP contribution in [0.25, 0.3) is 5.57 Å². The second-order valence-electron chi connectivity index (χ2n) is 8.32. The van der Waals surface area contributed by atoms with E-state index in [0.717, 1.165) is 24.3 Å². The predicted octanol–water partition coefficient (Wildman–Crippen LogP) is 6.60. The Morgan fingerprint density at radius 2 is 1.34 bits per heavy atom. The zero-order valence-electron chi connectivity index (χ0n) is 18.8. The van der Waals surface area contributed by atoms with Crippen molar-refractivity contribution in [3.63, 3.8) is 0 Å². The summed E-state index contributed by atoms with van der Waals surface area (Å²) in [6.45, 7) is 5.41. The molecule has 0 unspecified atom stereocenters. The standard InChI is InChI=1S/C28H30N2O2/c1-21(2)32-26-15-13-25(14-16-26)29-28(31)30-19-17-24(18-20-30)27(22-9-5-3-6-10-22)23-11-7-4-8-12-23/h3-16,21H,17-20H2,1-2H3,(H,29,31). The van der Waals surface area contributed by atoms with Crippen LogP contribution in [0, 0.1) is 0 Å². The zero-order valence-corrected chi connectivity index (χ0v) is 18.8. The van der Waals surface area contributed by atoms with Crippen molar-refractivity contribution >= 4 is 17.3 Å². The summed E-state index contributed by atoms with van der Waals surface area (Å²) in [5.74, 6) is 0.806. The molecule has 164 valence electrons. The van der Waals surface area contributed by atoms with Crippen LogP contribution in [0.2, 0.25) is 0 Å². The Kier molecular flexibility index (Phi) is 6.90. The van der Waals surface area contributed by atoms with E-state index < -0.39 is 0 Å². The Hall–Kier alpha value is -3.53. The number of ether oxygens (including phenoxy) is 1. The molecule has 1 aliphatic heterocycles. The maximum absolute atomic E-state index is 12.8. The molecule has 4 rings (SSSR count). The molecule has 3 aromatic rings. The van der Waals surface area contributed by atoms with Gasteiger partial charge in [0.2, 0.25) is 0 Å². The minimum atomic E-state index is -0.0532. The molecule has 1 fully saturated rings. The molecule has 1 aliphatic rings. The number of carbonyl (C=O) groups excluding carboxylic acids is 1. The number of benzene rings is 3. The molecular formula is C28H30N2O2. The van der Waals surface area contributed by atoms with E-state index >= 15 is 0 Å². The number of hydrogen-bond donors (Lipinski definition) is 1. The number of likely N-dealkylation sites (tertiary alicyclic amines) is 1. The first kappa shape index (κ1) is 21.7. The van der Waals surface area contributed by atoms with Crippen LogP contribution in [0.15, 0.2) is 90.5 Å². The van der Waals surface area contributed by atoms with Gasteiger partial charge in [0, 0.05) is 18.8 Å². The number of carbonyl (C=O) groups is 1. The smallest absolute Gasteiger partial charge is 0.321 e. The van der Waals surface area contributed by atoms with Crippen LogP contribution >= 0.6 is 0 Å². The molecule has 0 aliphatic carbocycles. The monoisotopic (exact) mass is 426 g/mol. The Morgan fingerprint density at radius 1 is 0.812 bits per heavy atom. The molecule has 4 heteroatoms. The molecule has 0 bridgehead atoms. The van der Waals surface area contributed by atoms with E-state index in [9.17, 15) is 4.79 Å². The number of urea groups is 1. The van der Waals surface area contributed by atoms with Gasteiger partial charge >= 0.3 is 6.03 Å². The van der Waals surface area contributed by atoms with Crippen LogP contribution in [0.5, 0.6) is 5.75 Å². The Balaban J connectivity index is 1.45. The van der Waals surface area contributed by atoms with Gasteiger partial charge in [-0.2, -0.15) is 0 Å².